The lowest BCUT2D eigenvalue weighted by molar-refractivity contribution is -0.274. The SMILES string of the molecule is Cl.Cl.Oc1ccc(OC(F)(F)F)cc1[C@H](CF)N1CCNCC1. The van der Waals surface area contributed by atoms with Gasteiger partial charge in [0.2, 0.25) is 0 Å². The molecule has 1 aliphatic heterocycles. The maximum Gasteiger partial charge on any atom is 0.573 e. The lowest BCUT2D eigenvalue weighted by Gasteiger charge is -2.34. The number of phenols is 1. The topological polar surface area (TPSA) is 44.7 Å². The van der Waals surface area contributed by atoms with Gasteiger partial charge in [-0.2, -0.15) is 0 Å². The van der Waals surface area contributed by atoms with Crippen LogP contribution in [-0.4, -0.2) is 49.2 Å². The number of halogens is 6. The van der Waals surface area contributed by atoms with E-state index >= 15 is 0 Å². The van der Waals surface area contributed by atoms with Gasteiger partial charge in [0.1, 0.15) is 18.2 Å². The van der Waals surface area contributed by atoms with E-state index in [0.717, 1.165) is 18.2 Å². The number of nitrogens with zero attached hydrogens (tertiary/aromatic N) is 1. The molecule has 0 unspecified atom stereocenters. The highest BCUT2D eigenvalue weighted by atomic mass is 35.5. The molecule has 2 rings (SSSR count). The van der Waals surface area contributed by atoms with Gasteiger partial charge < -0.3 is 15.2 Å². The second-order valence-electron chi connectivity index (χ2n) is 4.72. The molecule has 4 nitrogen and oxygen atoms in total. The van der Waals surface area contributed by atoms with Gasteiger partial charge in [-0.05, 0) is 18.2 Å². The fourth-order valence-corrected chi connectivity index (χ4v) is 2.37. The first-order valence-corrected chi connectivity index (χ1v) is 6.50. The van der Waals surface area contributed by atoms with E-state index in [-0.39, 0.29) is 36.1 Å². The Morgan fingerprint density at radius 2 is 1.83 bits per heavy atom. The lowest BCUT2D eigenvalue weighted by Crippen LogP contribution is -2.45. The Balaban J connectivity index is 0.00000242. The van der Waals surface area contributed by atoms with Gasteiger partial charge in [-0.1, -0.05) is 0 Å². The van der Waals surface area contributed by atoms with E-state index in [9.17, 15) is 22.7 Å². The molecule has 1 aromatic carbocycles. The largest absolute Gasteiger partial charge is 0.573 e. The number of hydrogen-bond acceptors (Lipinski definition) is 4. The van der Waals surface area contributed by atoms with Gasteiger partial charge in [0, 0.05) is 31.7 Å². The summed E-state index contributed by atoms with van der Waals surface area (Å²) in [5.74, 6) is -0.713. The zero-order valence-corrected chi connectivity index (χ0v) is 13.6. The molecule has 1 heterocycles. The van der Waals surface area contributed by atoms with Gasteiger partial charge in [-0.25, -0.2) is 4.39 Å². The first-order valence-electron chi connectivity index (χ1n) is 6.50. The number of phenolic OH excluding ortho intramolecular Hbond substituents is 1. The molecule has 0 aliphatic carbocycles. The van der Waals surface area contributed by atoms with Gasteiger partial charge in [0.25, 0.3) is 0 Å². The molecule has 134 valence electrons. The number of benzene rings is 1. The van der Waals surface area contributed by atoms with E-state index in [1.165, 1.54) is 0 Å². The Hall–Kier alpha value is -0.960. The van der Waals surface area contributed by atoms with E-state index in [0.29, 0.717) is 26.2 Å². The molecule has 1 aromatic rings. The molecule has 0 saturated carbocycles. The third kappa shape index (κ3) is 6.21. The van der Waals surface area contributed by atoms with Crippen LogP contribution in [0.4, 0.5) is 17.6 Å². The summed E-state index contributed by atoms with van der Waals surface area (Å²) in [6.07, 6.45) is -4.82. The molecule has 1 saturated heterocycles. The smallest absolute Gasteiger partial charge is 0.508 e. The maximum absolute atomic E-state index is 13.3. The molecular formula is C13H18Cl2F4N2O2. The van der Waals surface area contributed by atoms with Crippen molar-refractivity contribution in [3.63, 3.8) is 0 Å². The average molecular weight is 381 g/mol. The lowest BCUT2D eigenvalue weighted by atomic mass is 10.0. The van der Waals surface area contributed by atoms with Crippen molar-refractivity contribution in [2.75, 3.05) is 32.9 Å². The van der Waals surface area contributed by atoms with Crippen molar-refractivity contribution in [2.45, 2.75) is 12.4 Å². The minimum Gasteiger partial charge on any atom is -0.508 e. The quantitative estimate of drug-likeness (QED) is 0.788. The minimum atomic E-state index is -4.82. The highest BCUT2D eigenvalue weighted by Gasteiger charge is 2.32. The van der Waals surface area contributed by atoms with Crippen molar-refractivity contribution in [2.24, 2.45) is 0 Å². The predicted molar refractivity (Wildman–Crippen MR) is 82.4 cm³/mol. The Labute approximate surface area is 143 Å². The maximum atomic E-state index is 13.3. The molecule has 0 amide bonds. The van der Waals surface area contributed by atoms with Crippen molar-refractivity contribution < 1.29 is 27.4 Å². The average Bonchev–Trinajstić information content (AvgIpc) is 2.43. The third-order valence-corrected chi connectivity index (χ3v) is 3.33. The molecule has 0 spiro atoms. The Kier molecular flexibility index (Phi) is 8.97. The zero-order chi connectivity index (χ0) is 15.5. The summed E-state index contributed by atoms with van der Waals surface area (Å²) in [7, 11) is 0. The number of rotatable bonds is 4. The fourth-order valence-electron chi connectivity index (χ4n) is 2.37. The highest BCUT2D eigenvalue weighted by Crippen LogP contribution is 2.34. The first-order chi connectivity index (χ1) is 9.90. The van der Waals surface area contributed by atoms with Crippen LogP contribution >= 0.6 is 24.8 Å². The van der Waals surface area contributed by atoms with Crippen molar-refractivity contribution in [3.05, 3.63) is 23.8 Å². The van der Waals surface area contributed by atoms with Gasteiger partial charge in [-0.3, -0.25) is 4.90 Å². The van der Waals surface area contributed by atoms with Gasteiger partial charge in [0.05, 0.1) is 6.04 Å². The Bertz CT molecular complexity index is 486. The summed E-state index contributed by atoms with van der Waals surface area (Å²) in [4.78, 5) is 1.78. The Morgan fingerprint density at radius 1 is 1.22 bits per heavy atom. The summed E-state index contributed by atoms with van der Waals surface area (Å²) >= 11 is 0. The van der Waals surface area contributed by atoms with Crippen molar-refractivity contribution in [3.8, 4) is 11.5 Å². The van der Waals surface area contributed by atoms with Crippen LogP contribution in [0, 0.1) is 0 Å². The minimum absolute atomic E-state index is 0. The molecule has 1 atom stereocenters. The second kappa shape index (κ2) is 9.36. The van der Waals surface area contributed by atoms with Crippen molar-refractivity contribution >= 4 is 24.8 Å². The molecule has 1 fully saturated rings. The normalized spacial score (nSPS) is 16.9. The van der Waals surface area contributed by atoms with E-state index in [1.54, 1.807) is 4.90 Å². The molecule has 23 heavy (non-hydrogen) atoms. The predicted octanol–water partition coefficient (Wildman–Crippen LogP) is 3.05. The van der Waals surface area contributed by atoms with Crippen LogP contribution in [0.5, 0.6) is 11.5 Å². The molecule has 10 heteroatoms. The van der Waals surface area contributed by atoms with E-state index in [2.05, 4.69) is 10.1 Å². The van der Waals surface area contributed by atoms with E-state index in [4.69, 9.17) is 0 Å². The van der Waals surface area contributed by atoms with Crippen LogP contribution < -0.4 is 10.1 Å². The number of aromatic hydroxyl groups is 1. The van der Waals surface area contributed by atoms with Gasteiger partial charge >= 0.3 is 6.36 Å². The highest BCUT2D eigenvalue weighted by molar-refractivity contribution is 5.85. The van der Waals surface area contributed by atoms with Crippen LogP contribution in [0.1, 0.15) is 11.6 Å². The van der Waals surface area contributed by atoms with E-state index in [1.807, 2.05) is 0 Å². The van der Waals surface area contributed by atoms with Crippen LogP contribution in [0.3, 0.4) is 0 Å². The summed E-state index contributed by atoms with van der Waals surface area (Å²) in [5.41, 5.74) is 0.0983. The molecule has 0 radical (unpaired) electrons. The summed E-state index contributed by atoms with van der Waals surface area (Å²) in [6, 6.07) is 2.33. The molecular weight excluding hydrogens is 363 g/mol. The molecule has 0 aromatic heterocycles. The standard InChI is InChI=1S/C13H16F4N2O2.2ClH/c14-8-11(19-5-3-18-4-6-19)10-7-9(1-2-12(10)20)21-13(15,16)17;;/h1-2,7,11,18,20H,3-6,8H2;2*1H/t11-;;/m0../s1. The number of piperazine rings is 1. The van der Waals surface area contributed by atoms with Crippen molar-refractivity contribution in [1.82, 2.24) is 10.2 Å². The van der Waals surface area contributed by atoms with Crippen LogP contribution in [-0.2, 0) is 0 Å². The van der Waals surface area contributed by atoms with Crippen molar-refractivity contribution in [1.29, 1.82) is 0 Å². The third-order valence-electron chi connectivity index (χ3n) is 3.33. The first kappa shape index (κ1) is 22.0. The second-order valence-corrected chi connectivity index (χ2v) is 4.72. The number of nitrogens with one attached hydrogen (secondary N) is 1. The summed E-state index contributed by atoms with van der Waals surface area (Å²) in [6.45, 7) is 1.63. The summed E-state index contributed by atoms with van der Waals surface area (Å²) < 4.78 is 53.9. The van der Waals surface area contributed by atoms with Gasteiger partial charge in [-0.15, -0.1) is 38.0 Å². The van der Waals surface area contributed by atoms with Crippen LogP contribution in [0.15, 0.2) is 18.2 Å². The number of hydrogen-bond donors (Lipinski definition) is 2. The monoisotopic (exact) mass is 380 g/mol. The molecule has 1 aliphatic rings. The molecule has 0 bridgehead atoms. The van der Waals surface area contributed by atoms with Crippen LogP contribution in [0.2, 0.25) is 0 Å². The fraction of sp³-hybridized carbons (Fsp3) is 0.538. The van der Waals surface area contributed by atoms with Crippen LogP contribution in [0.25, 0.3) is 0 Å². The summed E-state index contributed by atoms with van der Waals surface area (Å²) in [5, 5.41) is 12.9. The molecule has 2 N–H and O–H groups in total. The van der Waals surface area contributed by atoms with Gasteiger partial charge in [0.15, 0.2) is 0 Å². The zero-order valence-electron chi connectivity index (χ0n) is 12.0. The number of alkyl halides is 4. The Morgan fingerprint density at radius 3 is 2.35 bits per heavy atom. The van der Waals surface area contributed by atoms with E-state index < -0.39 is 24.8 Å². The number of ether oxygens (including phenoxy) is 1.